The molecule has 4 heteroatoms. The van der Waals surface area contributed by atoms with Gasteiger partial charge in [-0.25, -0.2) is 0 Å². The van der Waals surface area contributed by atoms with E-state index in [2.05, 4.69) is 19.2 Å². The third-order valence-electron chi connectivity index (χ3n) is 3.86. The Bertz CT molecular complexity index is 225. The summed E-state index contributed by atoms with van der Waals surface area (Å²) >= 11 is 0. The van der Waals surface area contributed by atoms with Gasteiger partial charge in [0.15, 0.2) is 0 Å². The van der Waals surface area contributed by atoms with Crippen LogP contribution in [0.3, 0.4) is 0 Å². The molecule has 0 radical (unpaired) electrons. The van der Waals surface area contributed by atoms with E-state index >= 15 is 0 Å². The van der Waals surface area contributed by atoms with Crippen LogP contribution in [-0.4, -0.2) is 50.7 Å². The molecular weight excluding hydrogens is 242 g/mol. The topological polar surface area (TPSA) is 50.7 Å². The summed E-state index contributed by atoms with van der Waals surface area (Å²) in [6, 6.07) is 0. The number of aliphatic hydroxyl groups excluding tert-OH is 1. The molecule has 1 rings (SSSR count). The Labute approximate surface area is 117 Å². The van der Waals surface area contributed by atoms with Crippen LogP contribution in [0.2, 0.25) is 0 Å². The first-order valence-corrected chi connectivity index (χ1v) is 7.62. The largest absolute Gasteiger partial charge is 0.389 e. The van der Waals surface area contributed by atoms with Gasteiger partial charge in [0.1, 0.15) is 0 Å². The van der Waals surface area contributed by atoms with Gasteiger partial charge in [0.25, 0.3) is 0 Å². The second kappa shape index (κ2) is 9.70. The molecule has 0 aromatic carbocycles. The zero-order valence-electron chi connectivity index (χ0n) is 12.7. The first kappa shape index (κ1) is 16.9. The molecule has 0 aromatic heterocycles. The molecule has 0 saturated heterocycles. The molecule has 4 atom stereocenters. The van der Waals surface area contributed by atoms with Crippen LogP contribution in [0.1, 0.15) is 39.5 Å². The standard InChI is InChI=1S/C15H31NO3/c1-12(10-18-3)8-16-9-14(17)11-19-15-7-5-4-6-13(15)2/h12-17H,4-11H2,1-3H3. The molecule has 1 aliphatic carbocycles. The van der Waals surface area contributed by atoms with Gasteiger partial charge < -0.3 is 19.9 Å². The molecule has 0 aliphatic heterocycles. The lowest BCUT2D eigenvalue weighted by Crippen LogP contribution is -2.36. The molecule has 19 heavy (non-hydrogen) atoms. The zero-order chi connectivity index (χ0) is 14.1. The van der Waals surface area contributed by atoms with Gasteiger partial charge in [-0.1, -0.05) is 26.7 Å². The molecule has 4 unspecified atom stereocenters. The average molecular weight is 273 g/mol. The van der Waals surface area contributed by atoms with E-state index in [0.29, 0.717) is 31.1 Å². The summed E-state index contributed by atoms with van der Waals surface area (Å²) in [4.78, 5) is 0. The minimum atomic E-state index is -0.413. The van der Waals surface area contributed by atoms with Crippen molar-refractivity contribution in [2.24, 2.45) is 11.8 Å². The van der Waals surface area contributed by atoms with Crippen LogP contribution in [-0.2, 0) is 9.47 Å². The highest BCUT2D eigenvalue weighted by Crippen LogP contribution is 2.26. The minimum absolute atomic E-state index is 0.343. The summed E-state index contributed by atoms with van der Waals surface area (Å²) < 4.78 is 10.9. The fourth-order valence-electron chi connectivity index (χ4n) is 2.66. The Kier molecular flexibility index (Phi) is 8.62. The number of aliphatic hydroxyl groups is 1. The number of hydrogen-bond donors (Lipinski definition) is 2. The molecule has 0 aromatic rings. The summed E-state index contributed by atoms with van der Waals surface area (Å²) in [7, 11) is 1.71. The normalized spacial score (nSPS) is 27.2. The van der Waals surface area contributed by atoms with Crippen molar-refractivity contribution in [1.82, 2.24) is 5.32 Å². The molecule has 0 heterocycles. The van der Waals surface area contributed by atoms with Gasteiger partial charge in [0.05, 0.1) is 18.8 Å². The summed E-state index contributed by atoms with van der Waals surface area (Å²) in [6.07, 6.45) is 4.92. The SMILES string of the molecule is COCC(C)CNCC(O)COC1CCCCC1C. The summed E-state index contributed by atoms with van der Waals surface area (Å²) in [5.41, 5.74) is 0. The highest BCUT2D eigenvalue weighted by molar-refractivity contribution is 4.73. The molecule has 114 valence electrons. The Morgan fingerprint density at radius 3 is 2.63 bits per heavy atom. The summed E-state index contributed by atoms with van der Waals surface area (Å²) in [5.74, 6) is 1.10. The fourth-order valence-corrected chi connectivity index (χ4v) is 2.66. The van der Waals surface area contributed by atoms with Crippen LogP contribution in [0.4, 0.5) is 0 Å². The van der Waals surface area contributed by atoms with E-state index < -0.39 is 6.10 Å². The van der Waals surface area contributed by atoms with Gasteiger partial charge in [0.2, 0.25) is 0 Å². The predicted molar refractivity (Wildman–Crippen MR) is 77.3 cm³/mol. The van der Waals surface area contributed by atoms with E-state index in [1.54, 1.807) is 7.11 Å². The van der Waals surface area contributed by atoms with E-state index in [9.17, 15) is 5.11 Å². The van der Waals surface area contributed by atoms with Crippen molar-refractivity contribution < 1.29 is 14.6 Å². The maximum Gasteiger partial charge on any atom is 0.0897 e. The van der Waals surface area contributed by atoms with Crippen molar-refractivity contribution >= 4 is 0 Å². The molecule has 0 amide bonds. The monoisotopic (exact) mass is 273 g/mol. The first-order chi connectivity index (χ1) is 9.13. The van der Waals surface area contributed by atoms with Crippen LogP contribution in [0.25, 0.3) is 0 Å². The lowest BCUT2D eigenvalue weighted by molar-refractivity contribution is -0.0453. The van der Waals surface area contributed by atoms with Gasteiger partial charge in [-0.15, -0.1) is 0 Å². The quantitative estimate of drug-likeness (QED) is 0.673. The lowest BCUT2D eigenvalue weighted by atomic mass is 9.88. The Hall–Kier alpha value is -0.160. The number of rotatable bonds is 9. The second-order valence-electron chi connectivity index (χ2n) is 6.01. The molecule has 1 aliphatic rings. The van der Waals surface area contributed by atoms with Crippen molar-refractivity contribution in [2.75, 3.05) is 33.4 Å². The van der Waals surface area contributed by atoms with Crippen LogP contribution in [0.15, 0.2) is 0 Å². The third-order valence-corrected chi connectivity index (χ3v) is 3.86. The van der Waals surface area contributed by atoms with Gasteiger partial charge in [-0.3, -0.25) is 0 Å². The van der Waals surface area contributed by atoms with Gasteiger partial charge in [-0.2, -0.15) is 0 Å². The van der Waals surface area contributed by atoms with Crippen molar-refractivity contribution in [1.29, 1.82) is 0 Å². The summed E-state index contributed by atoms with van der Waals surface area (Å²) in [6.45, 7) is 7.03. The fraction of sp³-hybridized carbons (Fsp3) is 1.00. The molecule has 0 spiro atoms. The highest BCUT2D eigenvalue weighted by atomic mass is 16.5. The van der Waals surface area contributed by atoms with E-state index in [4.69, 9.17) is 9.47 Å². The number of ether oxygens (including phenoxy) is 2. The smallest absolute Gasteiger partial charge is 0.0897 e. The number of methoxy groups -OCH3 is 1. The van der Waals surface area contributed by atoms with Crippen molar-refractivity contribution in [3.63, 3.8) is 0 Å². The molecule has 4 nitrogen and oxygen atoms in total. The van der Waals surface area contributed by atoms with E-state index in [-0.39, 0.29) is 0 Å². The van der Waals surface area contributed by atoms with Gasteiger partial charge >= 0.3 is 0 Å². The van der Waals surface area contributed by atoms with Crippen LogP contribution in [0.5, 0.6) is 0 Å². The maximum atomic E-state index is 9.89. The number of nitrogens with one attached hydrogen (secondary N) is 1. The van der Waals surface area contributed by atoms with Crippen molar-refractivity contribution in [2.45, 2.75) is 51.7 Å². The molecule has 1 fully saturated rings. The molecule has 0 bridgehead atoms. The maximum absolute atomic E-state index is 9.89. The van der Waals surface area contributed by atoms with E-state index in [0.717, 1.165) is 19.6 Å². The van der Waals surface area contributed by atoms with Crippen LogP contribution < -0.4 is 5.32 Å². The Morgan fingerprint density at radius 2 is 1.95 bits per heavy atom. The second-order valence-corrected chi connectivity index (χ2v) is 6.01. The molecule has 2 N–H and O–H groups in total. The highest BCUT2D eigenvalue weighted by Gasteiger charge is 2.22. The van der Waals surface area contributed by atoms with Crippen molar-refractivity contribution in [3.05, 3.63) is 0 Å². The molecular formula is C15H31NO3. The lowest BCUT2D eigenvalue weighted by Gasteiger charge is -2.29. The van der Waals surface area contributed by atoms with Gasteiger partial charge in [0, 0.05) is 20.3 Å². The minimum Gasteiger partial charge on any atom is -0.389 e. The average Bonchev–Trinajstić information content (AvgIpc) is 2.38. The first-order valence-electron chi connectivity index (χ1n) is 7.62. The molecule has 1 saturated carbocycles. The van der Waals surface area contributed by atoms with E-state index in [1.807, 2.05) is 0 Å². The number of hydrogen-bond acceptors (Lipinski definition) is 4. The predicted octanol–water partition coefficient (Wildman–Crippen LogP) is 1.81. The van der Waals surface area contributed by atoms with Crippen molar-refractivity contribution in [3.8, 4) is 0 Å². The zero-order valence-corrected chi connectivity index (χ0v) is 12.7. The Morgan fingerprint density at radius 1 is 1.21 bits per heavy atom. The van der Waals surface area contributed by atoms with Crippen LogP contribution in [0, 0.1) is 11.8 Å². The summed E-state index contributed by atoms with van der Waals surface area (Å²) in [5, 5.41) is 13.1. The Balaban J connectivity index is 2.05. The van der Waals surface area contributed by atoms with Crippen LogP contribution >= 0.6 is 0 Å². The van der Waals surface area contributed by atoms with Gasteiger partial charge in [-0.05, 0) is 31.2 Å². The third kappa shape index (κ3) is 7.25. The van der Waals surface area contributed by atoms with E-state index in [1.165, 1.54) is 19.3 Å².